The first-order valence-corrected chi connectivity index (χ1v) is 9.01. The number of carbonyl (C=O) groups excluding carboxylic acids is 1. The van der Waals surface area contributed by atoms with Crippen LogP contribution in [0.25, 0.3) is 0 Å². The molecule has 1 aromatic carbocycles. The standard InChI is InChI=1S/C19H25N5O/c1-21-10-8-20-18(21)15-22-11-13-23(14-12-22)17-7-9-24(19(17)25)16-5-3-2-4-6-16/h2-6,8,10,17H,7,9,11-15H2,1H3. The average Bonchev–Trinajstić information content (AvgIpc) is 3.22. The Morgan fingerprint density at radius 1 is 1.08 bits per heavy atom. The maximum atomic E-state index is 12.8. The lowest BCUT2D eigenvalue weighted by molar-refractivity contribution is -0.122. The van der Waals surface area contributed by atoms with E-state index < -0.39 is 0 Å². The fourth-order valence-corrected chi connectivity index (χ4v) is 3.85. The van der Waals surface area contributed by atoms with Gasteiger partial charge in [0.1, 0.15) is 5.82 Å². The Morgan fingerprint density at radius 3 is 2.52 bits per heavy atom. The molecule has 1 amide bonds. The number of piperazine rings is 1. The van der Waals surface area contributed by atoms with E-state index in [9.17, 15) is 4.79 Å². The SMILES string of the molecule is Cn1ccnc1CN1CCN(C2CCN(c3ccccc3)C2=O)CC1. The van der Waals surface area contributed by atoms with Crippen molar-refractivity contribution in [2.45, 2.75) is 19.0 Å². The van der Waals surface area contributed by atoms with Crippen molar-refractivity contribution < 1.29 is 4.79 Å². The Bertz CT molecular complexity index is 720. The first-order chi connectivity index (χ1) is 12.2. The lowest BCUT2D eigenvalue weighted by atomic mass is 10.2. The second-order valence-electron chi connectivity index (χ2n) is 6.90. The predicted molar refractivity (Wildman–Crippen MR) is 97.3 cm³/mol. The topological polar surface area (TPSA) is 44.6 Å². The summed E-state index contributed by atoms with van der Waals surface area (Å²) in [5, 5.41) is 0. The summed E-state index contributed by atoms with van der Waals surface area (Å²) in [5.74, 6) is 1.35. The van der Waals surface area contributed by atoms with E-state index in [2.05, 4.69) is 19.4 Å². The van der Waals surface area contributed by atoms with Crippen molar-refractivity contribution >= 4 is 11.6 Å². The third kappa shape index (κ3) is 3.32. The van der Waals surface area contributed by atoms with Gasteiger partial charge in [-0.15, -0.1) is 0 Å². The van der Waals surface area contributed by atoms with Gasteiger partial charge in [-0.05, 0) is 18.6 Å². The number of amides is 1. The number of aryl methyl sites for hydroxylation is 1. The van der Waals surface area contributed by atoms with Crippen LogP contribution in [-0.4, -0.2) is 64.0 Å². The summed E-state index contributed by atoms with van der Waals surface area (Å²) in [7, 11) is 2.04. The van der Waals surface area contributed by atoms with Crippen LogP contribution in [0.15, 0.2) is 42.7 Å². The molecule has 0 saturated carbocycles. The van der Waals surface area contributed by atoms with E-state index in [1.165, 1.54) is 0 Å². The number of rotatable bonds is 4. The molecule has 0 radical (unpaired) electrons. The van der Waals surface area contributed by atoms with Crippen molar-refractivity contribution in [3.05, 3.63) is 48.5 Å². The Kier molecular flexibility index (Phi) is 4.55. The Balaban J connectivity index is 1.34. The zero-order chi connectivity index (χ0) is 17.2. The van der Waals surface area contributed by atoms with Gasteiger partial charge in [0.2, 0.25) is 5.91 Å². The molecule has 1 aromatic heterocycles. The summed E-state index contributed by atoms with van der Waals surface area (Å²) < 4.78 is 2.07. The van der Waals surface area contributed by atoms with Crippen molar-refractivity contribution in [1.82, 2.24) is 19.4 Å². The van der Waals surface area contributed by atoms with E-state index in [4.69, 9.17) is 0 Å². The molecule has 6 heteroatoms. The smallest absolute Gasteiger partial charge is 0.244 e. The highest BCUT2D eigenvalue weighted by Gasteiger charge is 2.37. The molecule has 3 heterocycles. The molecule has 0 spiro atoms. The first kappa shape index (κ1) is 16.3. The fourth-order valence-electron chi connectivity index (χ4n) is 3.85. The zero-order valence-electron chi connectivity index (χ0n) is 14.7. The Hall–Kier alpha value is -2.18. The van der Waals surface area contributed by atoms with Gasteiger partial charge in [-0.3, -0.25) is 14.6 Å². The van der Waals surface area contributed by atoms with E-state index in [0.717, 1.165) is 57.2 Å². The van der Waals surface area contributed by atoms with Gasteiger partial charge in [-0.2, -0.15) is 0 Å². The first-order valence-electron chi connectivity index (χ1n) is 9.01. The van der Waals surface area contributed by atoms with Gasteiger partial charge in [-0.1, -0.05) is 18.2 Å². The number of carbonyl (C=O) groups is 1. The fraction of sp³-hybridized carbons (Fsp3) is 0.474. The molecule has 6 nitrogen and oxygen atoms in total. The molecule has 25 heavy (non-hydrogen) atoms. The number of aromatic nitrogens is 2. The van der Waals surface area contributed by atoms with E-state index in [0.29, 0.717) is 0 Å². The highest BCUT2D eigenvalue weighted by atomic mass is 16.2. The monoisotopic (exact) mass is 339 g/mol. The normalized spacial score (nSPS) is 22.7. The van der Waals surface area contributed by atoms with Crippen molar-refractivity contribution in [2.24, 2.45) is 7.05 Å². The summed E-state index contributed by atoms with van der Waals surface area (Å²) in [6, 6.07) is 10.0. The van der Waals surface area contributed by atoms with Crippen LogP contribution in [0.3, 0.4) is 0 Å². The minimum atomic E-state index is 0.0375. The molecule has 1 atom stereocenters. The molecular weight excluding hydrogens is 314 g/mol. The molecule has 1 unspecified atom stereocenters. The quantitative estimate of drug-likeness (QED) is 0.843. The molecule has 0 N–H and O–H groups in total. The summed E-state index contributed by atoms with van der Waals surface area (Å²) in [5.41, 5.74) is 1.02. The molecule has 0 bridgehead atoms. The number of hydrogen-bond donors (Lipinski definition) is 0. The maximum absolute atomic E-state index is 12.8. The van der Waals surface area contributed by atoms with Gasteiger partial charge in [0.25, 0.3) is 0 Å². The van der Waals surface area contributed by atoms with Gasteiger partial charge >= 0.3 is 0 Å². The van der Waals surface area contributed by atoms with Gasteiger partial charge in [0.15, 0.2) is 0 Å². The number of hydrogen-bond acceptors (Lipinski definition) is 4. The molecule has 0 aliphatic carbocycles. The number of imidazole rings is 1. The van der Waals surface area contributed by atoms with Crippen LogP contribution in [-0.2, 0) is 18.4 Å². The van der Waals surface area contributed by atoms with Crippen LogP contribution in [0.5, 0.6) is 0 Å². The summed E-state index contributed by atoms with van der Waals surface area (Å²) >= 11 is 0. The van der Waals surface area contributed by atoms with E-state index in [-0.39, 0.29) is 11.9 Å². The van der Waals surface area contributed by atoms with Gasteiger partial charge < -0.3 is 9.47 Å². The maximum Gasteiger partial charge on any atom is 0.244 e. The molecule has 4 rings (SSSR count). The van der Waals surface area contributed by atoms with Crippen LogP contribution in [0.2, 0.25) is 0 Å². The lowest BCUT2D eigenvalue weighted by Gasteiger charge is -2.37. The molecule has 2 fully saturated rings. The van der Waals surface area contributed by atoms with E-state index in [1.807, 2.05) is 54.7 Å². The molecule has 2 saturated heterocycles. The van der Waals surface area contributed by atoms with Crippen LogP contribution in [0.1, 0.15) is 12.2 Å². The Morgan fingerprint density at radius 2 is 1.84 bits per heavy atom. The predicted octanol–water partition coefficient (Wildman–Crippen LogP) is 1.34. The van der Waals surface area contributed by atoms with Gasteiger partial charge in [-0.25, -0.2) is 4.98 Å². The minimum Gasteiger partial charge on any atom is -0.337 e. The van der Waals surface area contributed by atoms with Gasteiger partial charge in [0, 0.05) is 57.9 Å². The summed E-state index contributed by atoms with van der Waals surface area (Å²) in [6.45, 7) is 5.57. The van der Waals surface area contributed by atoms with Crippen LogP contribution in [0.4, 0.5) is 5.69 Å². The number of para-hydroxylation sites is 1. The zero-order valence-corrected chi connectivity index (χ0v) is 14.7. The summed E-state index contributed by atoms with van der Waals surface area (Å²) in [4.78, 5) is 24.0. The molecule has 2 aromatic rings. The third-order valence-electron chi connectivity index (χ3n) is 5.38. The third-order valence-corrected chi connectivity index (χ3v) is 5.38. The van der Waals surface area contributed by atoms with Crippen molar-refractivity contribution in [2.75, 3.05) is 37.6 Å². The second-order valence-corrected chi connectivity index (χ2v) is 6.90. The number of benzene rings is 1. The van der Waals surface area contributed by atoms with E-state index in [1.54, 1.807) is 0 Å². The highest BCUT2D eigenvalue weighted by molar-refractivity contribution is 5.99. The largest absolute Gasteiger partial charge is 0.337 e. The lowest BCUT2D eigenvalue weighted by Crippen LogP contribution is -2.52. The molecule has 2 aliphatic heterocycles. The van der Waals surface area contributed by atoms with Gasteiger partial charge in [0.05, 0.1) is 12.6 Å². The Labute approximate surface area is 148 Å². The van der Waals surface area contributed by atoms with Crippen LogP contribution < -0.4 is 4.90 Å². The minimum absolute atomic E-state index is 0.0375. The second kappa shape index (κ2) is 6.98. The van der Waals surface area contributed by atoms with Crippen molar-refractivity contribution in [3.63, 3.8) is 0 Å². The van der Waals surface area contributed by atoms with E-state index >= 15 is 0 Å². The molecule has 132 valence electrons. The van der Waals surface area contributed by atoms with Crippen LogP contribution >= 0.6 is 0 Å². The van der Waals surface area contributed by atoms with Crippen molar-refractivity contribution in [1.29, 1.82) is 0 Å². The van der Waals surface area contributed by atoms with Crippen molar-refractivity contribution in [3.8, 4) is 0 Å². The number of nitrogens with zero attached hydrogens (tertiary/aromatic N) is 5. The summed E-state index contributed by atoms with van der Waals surface area (Å²) in [6.07, 6.45) is 4.76. The molecular formula is C19H25N5O. The average molecular weight is 339 g/mol. The molecule has 2 aliphatic rings. The van der Waals surface area contributed by atoms with Crippen LogP contribution in [0, 0.1) is 0 Å². The number of anilines is 1. The highest BCUT2D eigenvalue weighted by Crippen LogP contribution is 2.25.